The standard InChI is InChI=1S/C13H15BrN2O3/c1-9(17)6-13(19)16(8-12(15)18)7-10-2-4-11(14)5-3-10/h2-5H,6-8H2,1H3,(H2,15,18). The lowest BCUT2D eigenvalue weighted by atomic mass is 10.2. The number of hydrogen-bond donors (Lipinski definition) is 1. The predicted molar refractivity (Wildman–Crippen MR) is 74.1 cm³/mol. The van der Waals surface area contributed by atoms with Crippen LogP contribution in [-0.4, -0.2) is 29.0 Å². The third-order valence-corrected chi connectivity index (χ3v) is 2.91. The summed E-state index contributed by atoms with van der Waals surface area (Å²) in [6.07, 6.45) is -0.218. The molecule has 0 radical (unpaired) electrons. The van der Waals surface area contributed by atoms with Gasteiger partial charge in [0.05, 0.1) is 13.0 Å². The summed E-state index contributed by atoms with van der Waals surface area (Å²) in [6.45, 7) is 1.39. The highest BCUT2D eigenvalue weighted by atomic mass is 79.9. The Balaban J connectivity index is 2.79. The van der Waals surface area contributed by atoms with Crippen molar-refractivity contribution in [3.05, 3.63) is 34.3 Å². The molecule has 0 saturated carbocycles. The molecule has 0 atom stereocenters. The summed E-state index contributed by atoms with van der Waals surface area (Å²) in [6, 6.07) is 7.35. The van der Waals surface area contributed by atoms with E-state index in [9.17, 15) is 14.4 Å². The first-order valence-electron chi connectivity index (χ1n) is 5.68. The third kappa shape index (κ3) is 5.65. The van der Waals surface area contributed by atoms with Crippen molar-refractivity contribution in [2.45, 2.75) is 19.9 Å². The van der Waals surface area contributed by atoms with Gasteiger partial charge in [0.15, 0.2) is 0 Å². The number of amides is 2. The number of ketones is 1. The minimum absolute atomic E-state index is 0.192. The van der Waals surface area contributed by atoms with E-state index >= 15 is 0 Å². The second kappa shape index (κ2) is 7.04. The summed E-state index contributed by atoms with van der Waals surface area (Å²) < 4.78 is 0.924. The average Bonchev–Trinajstić information content (AvgIpc) is 2.29. The molecule has 102 valence electrons. The van der Waals surface area contributed by atoms with Gasteiger partial charge in [-0.05, 0) is 24.6 Å². The highest BCUT2D eigenvalue weighted by Crippen LogP contribution is 2.12. The van der Waals surface area contributed by atoms with Crippen LogP contribution in [0.3, 0.4) is 0 Å². The molecule has 0 aliphatic rings. The number of halogens is 1. The molecule has 0 saturated heterocycles. The molecule has 2 amide bonds. The Bertz CT molecular complexity index is 485. The van der Waals surface area contributed by atoms with E-state index in [0.717, 1.165) is 10.0 Å². The van der Waals surface area contributed by atoms with Crippen LogP contribution in [0, 0.1) is 0 Å². The van der Waals surface area contributed by atoms with Crippen LogP contribution in [-0.2, 0) is 20.9 Å². The van der Waals surface area contributed by atoms with E-state index in [1.165, 1.54) is 11.8 Å². The van der Waals surface area contributed by atoms with Gasteiger partial charge in [-0.3, -0.25) is 14.4 Å². The van der Waals surface area contributed by atoms with E-state index in [-0.39, 0.29) is 25.3 Å². The summed E-state index contributed by atoms with van der Waals surface area (Å²) in [5.74, 6) is -1.24. The van der Waals surface area contributed by atoms with Gasteiger partial charge in [-0.2, -0.15) is 0 Å². The molecule has 1 aromatic rings. The molecule has 0 aliphatic carbocycles. The minimum atomic E-state index is -0.603. The van der Waals surface area contributed by atoms with Gasteiger partial charge in [-0.15, -0.1) is 0 Å². The Kier molecular flexibility index (Phi) is 5.69. The number of nitrogens with two attached hydrogens (primary N) is 1. The molecular formula is C13H15BrN2O3. The van der Waals surface area contributed by atoms with Gasteiger partial charge in [0.1, 0.15) is 5.78 Å². The van der Waals surface area contributed by atoms with E-state index in [2.05, 4.69) is 15.9 Å². The smallest absolute Gasteiger partial charge is 0.237 e. The molecule has 2 N–H and O–H groups in total. The Hall–Kier alpha value is -1.69. The zero-order valence-corrected chi connectivity index (χ0v) is 12.1. The topological polar surface area (TPSA) is 80.5 Å². The van der Waals surface area contributed by atoms with Crippen LogP contribution in [0.4, 0.5) is 0 Å². The van der Waals surface area contributed by atoms with Crippen molar-refractivity contribution in [2.75, 3.05) is 6.54 Å². The Morgan fingerprint density at radius 1 is 1.21 bits per heavy atom. The van der Waals surface area contributed by atoms with E-state index < -0.39 is 11.8 Å². The highest BCUT2D eigenvalue weighted by Gasteiger charge is 2.17. The molecule has 0 aliphatic heterocycles. The molecule has 0 aromatic heterocycles. The van der Waals surface area contributed by atoms with Crippen molar-refractivity contribution in [3.63, 3.8) is 0 Å². The second-order valence-electron chi connectivity index (χ2n) is 4.22. The van der Waals surface area contributed by atoms with Gasteiger partial charge in [0, 0.05) is 11.0 Å². The number of Topliss-reactive ketones (excluding diaryl/α,β-unsaturated/α-hetero) is 1. The molecule has 1 aromatic carbocycles. The van der Waals surface area contributed by atoms with E-state index in [4.69, 9.17) is 5.73 Å². The number of carbonyl (C=O) groups excluding carboxylic acids is 3. The first-order chi connectivity index (χ1) is 8.88. The van der Waals surface area contributed by atoms with Crippen molar-refractivity contribution < 1.29 is 14.4 Å². The third-order valence-electron chi connectivity index (χ3n) is 2.39. The Morgan fingerprint density at radius 2 is 1.79 bits per heavy atom. The van der Waals surface area contributed by atoms with E-state index in [0.29, 0.717) is 0 Å². The number of rotatable bonds is 6. The number of nitrogens with zero attached hydrogens (tertiary/aromatic N) is 1. The number of benzene rings is 1. The quantitative estimate of drug-likeness (QED) is 0.798. The van der Waals surface area contributed by atoms with Gasteiger partial charge in [-0.1, -0.05) is 28.1 Å². The molecule has 5 nitrogen and oxygen atoms in total. The van der Waals surface area contributed by atoms with Crippen LogP contribution in [0.1, 0.15) is 18.9 Å². The number of primary amides is 1. The van der Waals surface area contributed by atoms with Crippen LogP contribution >= 0.6 is 15.9 Å². The lowest BCUT2D eigenvalue weighted by Gasteiger charge is -2.20. The number of carbonyl (C=O) groups is 3. The fourth-order valence-electron chi connectivity index (χ4n) is 1.56. The van der Waals surface area contributed by atoms with Crippen LogP contribution in [0.15, 0.2) is 28.7 Å². The summed E-state index contributed by atoms with van der Waals surface area (Å²) in [4.78, 5) is 35.1. The van der Waals surface area contributed by atoms with Crippen molar-refractivity contribution in [1.29, 1.82) is 0 Å². The zero-order valence-electron chi connectivity index (χ0n) is 10.6. The molecule has 0 bridgehead atoms. The molecule has 6 heteroatoms. The van der Waals surface area contributed by atoms with E-state index in [1.807, 2.05) is 24.3 Å². The predicted octanol–water partition coefficient (Wildman–Crippen LogP) is 1.24. The lowest BCUT2D eigenvalue weighted by Crippen LogP contribution is -2.38. The normalized spacial score (nSPS) is 10.0. The molecular weight excluding hydrogens is 312 g/mol. The van der Waals surface area contributed by atoms with Gasteiger partial charge >= 0.3 is 0 Å². The minimum Gasteiger partial charge on any atom is -0.368 e. The highest BCUT2D eigenvalue weighted by molar-refractivity contribution is 9.10. The molecule has 19 heavy (non-hydrogen) atoms. The monoisotopic (exact) mass is 326 g/mol. The largest absolute Gasteiger partial charge is 0.368 e. The SMILES string of the molecule is CC(=O)CC(=O)N(CC(N)=O)Cc1ccc(Br)cc1. The summed E-state index contributed by atoms with van der Waals surface area (Å²) >= 11 is 3.31. The summed E-state index contributed by atoms with van der Waals surface area (Å²) in [5.41, 5.74) is 5.98. The Morgan fingerprint density at radius 3 is 2.26 bits per heavy atom. The fourth-order valence-corrected chi connectivity index (χ4v) is 1.82. The van der Waals surface area contributed by atoms with Crippen molar-refractivity contribution in [3.8, 4) is 0 Å². The van der Waals surface area contributed by atoms with Crippen molar-refractivity contribution >= 4 is 33.5 Å². The maximum absolute atomic E-state index is 11.8. The Labute approximate surface area is 119 Å². The first-order valence-corrected chi connectivity index (χ1v) is 6.47. The van der Waals surface area contributed by atoms with Gasteiger partial charge in [0.2, 0.25) is 11.8 Å². The number of hydrogen-bond acceptors (Lipinski definition) is 3. The second-order valence-corrected chi connectivity index (χ2v) is 5.14. The molecule has 0 fully saturated rings. The van der Waals surface area contributed by atoms with Gasteiger partial charge in [-0.25, -0.2) is 0 Å². The molecule has 0 spiro atoms. The van der Waals surface area contributed by atoms with Crippen LogP contribution in [0.2, 0.25) is 0 Å². The fraction of sp³-hybridized carbons (Fsp3) is 0.308. The molecule has 0 unspecified atom stereocenters. The van der Waals surface area contributed by atoms with Gasteiger partial charge < -0.3 is 10.6 Å². The maximum atomic E-state index is 11.8. The van der Waals surface area contributed by atoms with Crippen LogP contribution < -0.4 is 5.73 Å². The van der Waals surface area contributed by atoms with Crippen LogP contribution in [0.25, 0.3) is 0 Å². The summed E-state index contributed by atoms with van der Waals surface area (Å²) in [5, 5.41) is 0. The van der Waals surface area contributed by atoms with Crippen molar-refractivity contribution in [2.24, 2.45) is 5.73 Å². The lowest BCUT2D eigenvalue weighted by molar-refractivity contribution is -0.138. The van der Waals surface area contributed by atoms with Gasteiger partial charge in [0.25, 0.3) is 0 Å². The first kappa shape index (κ1) is 15.4. The van der Waals surface area contributed by atoms with E-state index in [1.54, 1.807) is 0 Å². The summed E-state index contributed by atoms with van der Waals surface area (Å²) in [7, 11) is 0. The zero-order chi connectivity index (χ0) is 14.4. The average molecular weight is 327 g/mol. The molecule has 1 rings (SSSR count). The molecule has 0 heterocycles. The van der Waals surface area contributed by atoms with Crippen molar-refractivity contribution in [1.82, 2.24) is 4.90 Å². The maximum Gasteiger partial charge on any atom is 0.237 e. The van der Waals surface area contributed by atoms with Crippen LogP contribution in [0.5, 0.6) is 0 Å².